The van der Waals surface area contributed by atoms with Crippen LogP contribution < -0.4 is 15.7 Å². The summed E-state index contributed by atoms with van der Waals surface area (Å²) in [5, 5.41) is 18.1. The van der Waals surface area contributed by atoms with Crippen LogP contribution in [0.4, 0.5) is 5.69 Å². The minimum Gasteiger partial charge on any atom is -0.545 e. The van der Waals surface area contributed by atoms with Crippen molar-refractivity contribution < 1.29 is 14.7 Å². The molecule has 0 bridgehead atoms. The fraction of sp³-hybridized carbons (Fsp3) is 0. The van der Waals surface area contributed by atoms with E-state index in [2.05, 4.69) is 10.6 Å². The van der Waals surface area contributed by atoms with Crippen molar-refractivity contribution in [3.63, 3.8) is 0 Å². The van der Waals surface area contributed by atoms with Gasteiger partial charge in [-0.25, -0.2) is 0 Å². The van der Waals surface area contributed by atoms with E-state index in [1.807, 2.05) is 30.3 Å². The Balaban J connectivity index is 1.75. The molecule has 0 saturated heterocycles. The zero-order valence-electron chi connectivity index (χ0n) is 13.0. The first-order valence-electron chi connectivity index (χ1n) is 7.46. The van der Waals surface area contributed by atoms with E-state index >= 15 is 0 Å². The molecule has 0 fully saturated rings. The van der Waals surface area contributed by atoms with Crippen LogP contribution in [0.1, 0.15) is 20.7 Å². The van der Waals surface area contributed by atoms with Gasteiger partial charge in [-0.15, -0.1) is 0 Å². The normalized spacial score (nSPS) is 10.2. The van der Waals surface area contributed by atoms with Crippen molar-refractivity contribution in [1.29, 1.82) is 0 Å². The van der Waals surface area contributed by atoms with Crippen molar-refractivity contribution >= 4 is 45.7 Å². The Labute approximate surface area is 149 Å². The van der Waals surface area contributed by atoms with Crippen molar-refractivity contribution in [2.45, 2.75) is 0 Å². The zero-order chi connectivity index (χ0) is 17.8. The van der Waals surface area contributed by atoms with Gasteiger partial charge in [0.05, 0.1) is 5.97 Å². The monoisotopic (exact) mass is 349 g/mol. The topological polar surface area (TPSA) is 81.3 Å². The molecule has 0 aliphatic heterocycles. The molecule has 1 amide bonds. The van der Waals surface area contributed by atoms with Gasteiger partial charge < -0.3 is 15.2 Å². The first-order valence-corrected chi connectivity index (χ1v) is 7.87. The average molecular weight is 349 g/mol. The maximum atomic E-state index is 12.5. The van der Waals surface area contributed by atoms with Crippen molar-refractivity contribution in [3.05, 3.63) is 77.9 Å². The van der Waals surface area contributed by atoms with E-state index in [-0.39, 0.29) is 16.6 Å². The lowest BCUT2D eigenvalue weighted by Gasteiger charge is -2.12. The van der Waals surface area contributed by atoms with Gasteiger partial charge in [-0.05, 0) is 46.8 Å². The van der Waals surface area contributed by atoms with Crippen LogP contribution in [0, 0.1) is 0 Å². The Kier molecular flexibility index (Phi) is 4.72. The Bertz CT molecular complexity index is 980. The van der Waals surface area contributed by atoms with E-state index in [0.717, 1.165) is 10.8 Å². The number of carboxylic acid groups (broad SMARTS) is 1. The molecule has 6 heteroatoms. The summed E-state index contributed by atoms with van der Waals surface area (Å²) in [4.78, 5) is 23.4. The lowest BCUT2D eigenvalue weighted by Crippen LogP contribution is -2.34. The summed E-state index contributed by atoms with van der Waals surface area (Å²) in [7, 11) is 0. The number of carboxylic acids is 1. The molecular formula is C19H13N2O3S-. The van der Waals surface area contributed by atoms with Gasteiger partial charge in [0.1, 0.15) is 0 Å². The number of rotatable bonds is 3. The largest absolute Gasteiger partial charge is 0.545 e. The van der Waals surface area contributed by atoms with Crippen molar-refractivity contribution in [3.8, 4) is 0 Å². The second-order valence-corrected chi connectivity index (χ2v) is 5.71. The molecule has 3 aromatic rings. The molecule has 3 rings (SSSR count). The maximum absolute atomic E-state index is 12.5. The van der Waals surface area contributed by atoms with Crippen LogP contribution in [-0.4, -0.2) is 17.0 Å². The van der Waals surface area contributed by atoms with E-state index in [1.54, 1.807) is 24.3 Å². The number of amides is 1. The molecule has 124 valence electrons. The quantitative estimate of drug-likeness (QED) is 0.709. The fourth-order valence-electron chi connectivity index (χ4n) is 2.48. The van der Waals surface area contributed by atoms with Crippen LogP contribution in [0.5, 0.6) is 0 Å². The molecule has 0 radical (unpaired) electrons. The van der Waals surface area contributed by atoms with E-state index in [4.69, 9.17) is 12.2 Å². The number of hydrogen-bond acceptors (Lipinski definition) is 4. The number of thiocarbonyl (C=S) groups is 1. The average Bonchev–Trinajstić information content (AvgIpc) is 2.61. The second-order valence-electron chi connectivity index (χ2n) is 5.30. The van der Waals surface area contributed by atoms with E-state index in [1.165, 1.54) is 12.1 Å². The number of anilines is 1. The molecule has 0 saturated carbocycles. The number of hydrogen-bond donors (Lipinski definition) is 2. The van der Waals surface area contributed by atoms with Crippen LogP contribution in [0.25, 0.3) is 10.8 Å². The zero-order valence-corrected chi connectivity index (χ0v) is 13.8. The molecule has 0 aromatic heterocycles. The third kappa shape index (κ3) is 3.81. The summed E-state index contributed by atoms with van der Waals surface area (Å²) in [5.74, 6) is -1.63. The molecular weight excluding hydrogens is 336 g/mol. The predicted molar refractivity (Wildman–Crippen MR) is 98.4 cm³/mol. The first kappa shape index (κ1) is 16.6. The summed E-state index contributed by atoms with van der Waals surface area (Å²) in [6.45, 7) is 0. The summed E-state index contributed by atoms with van der Waals surface area (Å²) in [6.07, 6.45) is 0. The van der Waals surface area contributed by atoms with Crippen molar-refractivity contribution in [1.82, 2.24) is 5.32 Å². The van der Waals surface area contributed by atoms with Gasteiger partial charge in [-0.3, -0.25) is 10.1 Å². The van der Waals surface area contributed by atoms with E-state index < -0.39 is 5.97 Å². The number of benzene rings is 3. The van der Waals surface area contributed by atoms with Crippen LogP contribution in [0.3, 0.4) is 0 Å². The lowest BCUT2D eigenvalue weighted by molar-refractivity contribution is -0.255. The van der Waals surface area contributed by atoms with Gasteiger partial charge in [-0.2, -0.15) is 0 Å². The van der Waals surface area contributed by atoms with E-state index in [9.17, 15) is 14.7 Å². The van der Waals surface area contributed by atoms with Gasteiger partial charge in [0.25, 0.3) is 5.91 Å². The van der Waals surface area contributed by atoms with Crippen LogP contribution in [-0.2, 0) is 0 Å². The summed E-state index contributed by atoms with van der Waals surface area (Å²) < 4.78 is 0. The second kappa shape index (κ2) is 7.11. The Morgan fingerprint density at radius 2 is 1.64 bits per heavy atom. The van der Waals surface area contributed by atoms with Gasteiger partial charge in [-0.1, -0.05) is 48.5 Å². The number of carbonyl (C=O) groups is 2. The number of fused-ring (bicyclic) bond motifs is 1. The van der Waals surface area contributed by atoms with Gasteiger partial charge in [0.15, 0.2) is 5.11 Å². The predicted octanol–water partition coefficient (Wildman–Crippen LogP) is 2.33. The highest BCUT2D eigenvalue weighted by molar-refractivity contribution is 7.80. The highest BCUT2D eigenvalue weighted by Crippen LogP contribution is 2.18. The highest BCUT2D eigenvalue weighted by atomic mass is 32.1. The minimum atomic E-state index is -1.28. The number of nitrogens with one attached hydrogen (secondary N) is 2. The van der Waals surface area contributed by atoms with Gasteiger partial charge >= 0.3 is 0 Å². The van der Waals surface area contributed by atoms with E-state index in [0.29, 0.717) is 11.3 Å². The number of carbonyl (C=O) groups excluding carboxylic acids is 2. The Morgan fingerprint density at radius 1 is 0.920 bits per heavy atom. The molecule has 0 unspecified atom stereocenters. The highest BCUT2D eigenvalue weighted by Gasteiger charge is 2.11. The summed E-state index contributed by atoms with van der Waals surface area (Å²) >= 11 is 5.14. The third-order valence-corrected chi connectivity index (χ3v) is 3.82. The van der Waals surface area contributed by atoms with Gasteiger partial charge in [0.2, 0.25) is 0 Å². The first-order chi connectivity index (χ1) is 12.0. The molecule has 3 aromatic carbocycles. The number of aromatic carboxylic acids is 1. The fourth-order valence-corrected chi connectivity index (χ4v) is 2.69. The standard InChI is InChI=1S/C19H14N2O3S/c22-17(16-10-4-6-12-5-1-2-9-15(12)16)21-19(25)20-14-8-3-7-13(11-14)18(23)24/h1-11H,(H,23,24)(H2,20,21,22,25)/p-1. The molecule has 0 aliphatic rings. The molecule has 0 spiro atoms. The minimum absolute atomic E-state index is 0.0215. The third-order valence-electron chi connectivity index (χ3n) is 3.62. The lowest BCUT2D eigenvalue weighted by atomic mass is 10.0. The van der Waals surface area contributed by atoms with Crippen molar-refractivity contribution in [2.75, 3.05) is 5.32 Å². The molecule has 5 nitrogen and oxygen atoms in total. The Morgan fingerprint density at radius 3 is 2.44 bits per heavy atom. The SMILES string of the molecule is O=C([O-])c1cccc(NC(=S)NC(=O)c2cccc3ccccc23)c1. The van der Waals surface area contributed by atoms with Crippen molar-refractivity contribution in [2.24, 2.45) is 0 Å². The van der Waals surface area contributed by atoms with Crippen LogP contribution in [0.15, 0.2) is 66.7 Å². The maximum Gasteiger partial charge on any atom is 0.258 e. The smallest absolute Gasteiger partial charge is 0.258 e. The molecule has 25 heavy (non-hydrogen) atoms. The van der Waals surface area contributed by atoms with Crippen LogP contribution >= 0.6 is 12.2 Å². The Hall–Kier alpha value is -3.25. The summed E-state index contributed by atoms with van der Waals surface area (Å²) in [6, 6.07) is 19.0. The molecule has 0 atom stereocenters. The molecule has 0 heterocycles. The van der Waals surface area contributed by atoms with Gasteiger partial charge in [0, 0.05) is 11.3 Å². The summed E-state index contributed by atoms with van der Waals surface area (Å²) in [5.41, 5.74) is 0.976. The molecule has 2 N–H and O–H groups in total. The van der Waals surface area contributed by atoms with Crippen LogP contribution in [0.2, 0.25) is 0 Å². The molecule has 0 aliphatic carbocycles.